The van der Waals surface area contributed by atoms with Crippen molar-refractivity contribution in [1.82, 2.24) is 0 Å². The first kappa shape index (κ1) is 12.7. The van der Waals surface area contributed by atoms with Crippen molar-refractivity contribution in [1.29, 1.82) is 0 Å². The number of primary amides is 1. The van der Waals surface area contributed by atoms with Gasteiger partial charge in [0, 0.05) is 24.0 Å². The molecule has 1 aromatic rings. The van der Waals surface area contributed by atoms with E-state index in [1.807, 2.05) is 12.1 Å². The van der Waals surface area contributed by atoms with Crippen molar-refractivity contribution in [2.24, 2.45) is 11.7 Å². The minimum atomic E-state index is -0.410. The van der Waals surface area contributed by atoms with E-state index in [4.69, 9.17) is 11.5 Å². The first-order valence-corrected chi connectivity index (χ1v) is 6.46. The molecule has 4 N–H and O–H groups in total. The summed E-state index contributed by atoms with van der Waals surface area (Å²) in [4.78, 5) is 13.8. The summed E-state index contributed by atoms with van der Waals surface area (Å²) >= 11 is 0. The molecular formula is C14H21N3O. The van der Waals surface area contributed by atoms with E-state index in [1.165, 1.54) is 6.42 Å². The highest BCUT2D eigenvalue weighted by Gasteiger charge is 2.29. The number of nitrogen functional groups attached to an aromatic ring is 1. The molecule has 0 bridgehead atoms. The monoisotopic (exact) mass is 247 g/mol. The highest BCUT2D eigenvalue weighted by Crippen LogP contribution is 2.32. The predicted molar refractivity (Wildman–Crippen MR) is 74.6 cm³/mol. The fourth-order valence-electron chi connectivity index (χ4n) is 2.79. The summed E-state index contributed by atoms with van der Waals surface area (Å²) in [5, 5.41) is 0. The second-order valence-corrected chi connectivity index (χ2v) is 5.29. The van der Waals surface area contributed by atoms with Crippen LogP contribution in [0, 0.1) is 5.92 Å². The number of amides is 1. The number of carbonyl (C=O) groups excluding carboxylic acids is 1. The molecule has 18 heavy (non-hydrogen) atoms. The molecule has 1 aromatic carbocycles. The Kier molecular flexibility index (Phi) is 3.45. The standard InChI is InChI=1S/C14H21N3O/c1-9(2)12-4-3-7-17(12)13-6-5-10(15)8-11(13)14(16)18/h5-6,8-9,12H,3-4,7,15H2,1-2H3,(H2,16,18). The molecule has 1 aliphatic heterocycles. The highest BCUT2D eigenvalue weighted by atomic mass is 16.1. The predicted octanol–water partition coefficient (Wildman–Crippen LogP) is 1.99. The van der Waals surface area contributed by atoms with Crippen LogP contribution in [0.2, 0.25) is 0 Å². The molecule has 1 saturated heterocycles. The topological polar surface area (TPSA) is 72.3 Å². The van der Waals surface area contributed by atoms with Crippen molar-refractivity contribution in [3.63, 3.8) is 0 Å². The number of rotatable bonds is 3. The molecule has 4 nitrogen and oxygen atoms in total. The van der Waals surface area contributed by atoms with Gasteiger partial charge in [0.2, 0.25) is 0 Å². The third kappa shape index (κ3) is 2.28. The molecular weight excluding hydrogens is 226 g/mol. The van der Waals surface area contributed by atoms with E-state index in [2.05, 4.69) is 18.7 Å². The van der Waals surface area contributed by atoms with Crippen LogP contribution in [-0.4, -0.2) is 18.5 Å². The van der Waals surface area contributed by atoms with Gasteiger partial charge in [-0.3, -0.25) is 4.79 Å². The lowest BCUT2D eigenvalue weighted by Gasteiger charge is -2.31. The molecule has 1 fully saturated rings. The van der Waals surface area contributed by atoms with E-state index >= 15 is 0 Å². The normalized spacial score (nSPS) is 19.5. The Labute approximate surface area is 108 Å². The molecule has 0 spiro atoms. The first-order valence-electron chi connectivity index (χ1n) is 6.46. The number of anilines is 2. The van der Waals surface area contributed by atoms with Gasteiger partial charge in [-0.2, -0.15) is 0 Å². The SMILES string of the molecule is CC(C)C1CCCN1c1ccc(N)cc1C(N)=O. The lowest BCUT2D eigenvalue weighted by molar-refractivity contribution is 0.100. The Morgan fingerprint density at radius 2 is 2.17 bits per heavy atom. The van der Waals surface area contributed by atoms with Crippen LogP contribution < -0.4 is 16.4 Å². The van der Waals surface area contributed by atoms with Crippen molar-refractivity contribution in [3.8, 4) is 0 Å². The molecule has 1 unspecified atom stereocenters. The molecule has 98 valence electrons. The van der Waals surface area contributed by atoms with Crippen molar-refractivity contribution in [2.75, 3.05) is 17.2 Å². The molecule has 1 heterocycles. The molecule has 1 atom stereocenters. The van der Waals surface area contributed by atoms with Gasteiger partial charge in [-0.25, -0.2) is 0 Å². The van der Waals surface area contributed by atoms with Crippen LogP contribution in [-0.2, 0) is 0 Å². The number of nitrogens with zero attached hydrogens (tertiary/aromatic N) is 1. The summed E-state index contributed by atoms with van der Waals surface area (Å²) in [5.41, 5.74) is 13.2. The van der Waals surface area contributed by atoms with Crippen LogP contribution >= 0.6 is 0 Å². The van der Waals surface area contributed by atoms with Crippen molar-refractivity contribution in [2.45, 2.75) is 32.7 Å². The maximum atomic E-state index is 11.5. The van der Waals surface area contributed by atoms with E-state index in [0.717, 1.165) is 18.7 Å². The second kappa shape index (κ2) is 4.88. The molecule has 4 heteroatoms. The van der Waals surface area contributed by atoms with E-state index < -0.39 is 5.91 Å². The van der Waals surface area contributed by atoms with Gasteiger partial charge in [0.15, 0.2) is 0 Å². The van der Waals surface area contributed by atoms with E-state index in [9.17, 15) is 4.79 Å². The smallest absolute Gasteiger partial charge is 0.250 e. The maximum Gasteiger partial charge on any atom is 0.250 e. The quantitative estimate of drug-likeness (QED) is 0.802. The average molecular weight is 247 g/mol. The lowest BCUT2D eigenvalue weighted by atomic mass is 10.0. The van der Waals surface area contributed by atoms with Crippen LogP contribution in [0.4, 0.5) is 11.4 Å². The van der Waals surface area contributed by atoms with Crippen molar-refractivity contribution >= 4 is 17.3 Å². The van der Waals surface area contributed by atoms with Crippen LogP contribution in [0.3, 0.4) is 0 Å². The molecule has 1 aliphatic rings. The summed E-state index contributed by atoms with van der Waals surface area (Å²) in [7, 11) is 0. The van der Waals surface area contributed by atoms with Crippen molar-refractivity contribution < 1.29 is 4.79 Å². The van der Waals surface area contributed by atoms with Gasteiger partial charge in [0.05, 0.1) is 5.56 Å². The minimum Gasteiger partial charge on any atom is -0.399 e. The van der Waals surface area contributed by atoms with Gasteiger partial charge in [-0.1, -0.05) is 13.8 Å². The zero-order chi connectivity index (χ0) is 13.3. The Hall–Kier alpha value is -1.71. The highest BCUT2D eigenvalue weighted by molar-refractivity contribution is 5.99. The van der Waals surface area contributed by atoms with Crippen LogP contribution in [0.25, 0.3) is 0 Å². The van der Waals surface area contributed by atoms with Crippen LogP contribution in [0.5, 0.6) is 0 Å². The third-order valence-electron chi connectivity index (χ3n) is 3.66. The molecule has 2 rings (SSSR count). The second-order valence-electron chi connectivity index (χ2n) is 5.29. The van der Waals surface area contributed by atoms with Crippen LogP contribution in [0.15, 0.2) is 18.2 Å². The summed E-state index contributed by atoms with van der Waals surface area (Å²) in [5.74, 6) is 0.150. The van der Waals surface area contributed by atoms with Crippen LogP contribution in [0.1, 0.15) is 37.0 Å². The van der Waals surface area contributed by atoms with Gasteiger partial charge in [0.25, 0.3) is 5.91 Å². The lowest BCUT2D eigenvalue weighted by Crippen LogP contribution is -2.35. The Balaban J connectivity index is 2.41. The fraction of sp³-hybridized carbons (Fsp3) is 0.500. The van der Waals surface area contributed by atoms with E-state index in [0.29, 0.717) is 23.2 Å². The summed E-state index contributed by atoms with van der Waals surface area (Å²) in [6.07, 6.45) is 2.33. The molecule has 1 amide bonds. The number of hydrogen-bond donors (Lipinski definition) is 2. The van der Waals surface area contributed by atoms with Crippen molar-refractivity contribution in [3.05, 3.63) is 23.8 Å². The fourth-order valence-corrected chi connectivity index (χ4v) is 2.79. The zero-order valence-corrected chi connectivity index (χ0v) is 11.0. The molecule has 0 radical (unpaired) electrons. The third-order valence-corrected chi connectivity index (χ3v) is 3.66. The van der Waals surface area contributed by atoms with Gasteiger partial charge in [0.1, 0.15) is 0 Å². The number of hydrogen-bond acceptors (Lipinski definition) is 3. The largest absolute Gasteiger partial charge is 0.399 e. The first-order chi connectivity index (χ1) is 8.50. The van der Waals surface area contributed by atoms with Gasteiger partial charge in [-0.15, -0.1) is 0 Å². The molecule has 0 saturated carbocycles. The average Bonchev–Trinajstić information content (AvgIpc) is 2.77. The van der Waals surface area contributed by atoms with Gasteiger partial charge >= 0.3 is 0 Å². The number of nitrogens with two attached hydrogens (primary N) is 2. The molecule has 0 aromatic heterocycles. The number of benzene rings is 1. The zero-order valence-electron chi connectivity index (χ0n) is 11.0. The Bertz CT molecular complexity index is 456. The maximum absolute atomic E-state index is 11.5. The van der Waals surface area contributed by atoms with E-state index in [-0.39, 0.29) is 0 Å². The van der Waals surface area contributed by atoms with E-state index in [1.54, 1.807) is 6.07 Å². The Morgan fingerprint density at radius 3 is 2.78 bits per heavy atom. The minimum absolute atomic E-state index is 0.410. The Morgan fingerprint density at radius 1 is 1.44 bits per heavy atom. The van der Waals surface area contributed by atoms with Gasteiger partial charge in [-0.05, 0) is 37.0 Å². The summed E-state index contributed by atoms with van der Waals surface area (Å²) in [6, 6.07) is 5.90. The summed E-state index contributed by atoms with van der Waals surface area (Å²) < 4.78 is 0. The molecule has 0 aliphatic carbocycles. The van der Waals surface area contributed by atoms with Gasteiger partial charge < -0.3 is 16.4 Å². The summed E-state index contributed by atoms with van der Waals surface area (Å²) in [6.45, 7) is 5.40. The number of carbonyl (C=O) groups is 1.